The van der Waals surface area contributed by atoms with Crippen LogP contribution in [0.2, 0.25) is 0 Å². The van der Waals surface area contributed by atoms with Crippen LogP contribution in [0.15, 0.2) is 70.5 Å². The van der Waals surface area contributed by atoms with Crippen molar-refractivity contribution in [3.63, 3.8) is 0 Å². The Hall–Kier alpha value is -2.40. The van der Waals surface area contributed by atoms with Gasteiger partial charge >= 0.3 is 5.97 Å². The highest BCUT2D eigenvalue weighted by atomic mass is 32.2. The molecule has 1 heterocycles. The fourth-order valence-corrected chi connectivity index (χ4v) is 5.23. The lowest BCUT2D eigenvalue weighted by atomic mass is 9.81. The molecule has 2 aromatic carbocycles. The predicted octanol–water partition coefficient (Wildman–Crippen LogP) is 4.39. The summed E-state index contributed by atoms with van der Waals surface area (Å²) in [5.41, 5.74) is 0.178. The Bertz CT molecular complexity index is 920. The summed E-state index contributed by atoms with van der Waals surface area (Å²) in [5, 5.41) is 0. The van der Waals surface area contributed by atoms with E-state index in [0.717, 1.165) is 12.8 Å². The first-order chi connectivity index (χ1) is 12.3. The van der Waals surface area contributed by atoms with E-state index in [9.17, 15) is 13.2 Å². The Balaban J connectivity index is 2.36. The smallest absolute Gasteiger partial charge is 0.334 e. The molecular formula is C21H22O4S. The third-order valence-corrected chi connectivity index (χ3v) is 6.59. The summed E-state index contributed by atoms with van der Waals surface area (Å²) >= 11 is 0. The van der Waals surface area contributed by atoms with E-state index in [1.165, 1.54) is 0 Å². The maximum absolute atomic E-state index is 13.1. The van der Waals surface area contributed by atoms with Crippen molar-refractivity contribution in [2.45, 2.75) is 48.5 Å². The molecule has 1 aliphatic heterocycles. The molecule has 0 saturated carbocycles. The molecule has 0 spiro atoms. The van der Waals surface area contributed by atoms with Gasteiger partial charge in [-0.05, 0) is 31.9 Å². The molecule has 0 radical (unpaired) electrons. The van der Waals surface area contributed by atoms with Gasteiger partial charge in [0, 0.05) is 16.7 Å². The molecule has 0 N–H and O–H groups in total. The molecule has 4 nitrogen and oxygen atoms in total. The molecule has 0 unspecified atom stereocenters. The molecule has 2 aromatic rings. The Morgan fingerprint density at radius 1 is 1.04 bits per heavy atom. The third kappa shape index (κ3) is 2.76. The number of hydrogen-bond acceptors (Lipinski definition) is 4. The van der Waals surface area contributed by atoms with Crippen LogP contribution in [-0.4, -0.2) is 14.4 Å². The van der Waals surface area contributed by atoms with Gasteiger partial charge in [0.2, 0.25) is 9.84 Å². The molecule has 0 saturated heterocycles. The van der Waals surface area contributed by atoms with Crippen molar-refractivity contribution in [2.24, 2.45) is 0 Å². The van der Waals surface area contributed by atoms with E-state index in [-0.39, 0.29) is 15.4 Å². The zero-order chi connectivity index (χ0) is 18.9. The van der Waals surface area contributed by atoms with Crippen LogP contribution in [0.4, 0.5) is 0 Å². The van der Waals surface area contributed by atoms with Gasteiger partial charge in [0.05, 0.1) is 9.79 Å². The van der Waals surface area contributed by atoms with Crippen LogP contribution >= 0.6 is 0 Å². The third-order valence-electron chi connectivity index (χ3n) is 4.72. The monoisotopic (exact) mass is 370 g/mol. The molecule has 136 valence electrons. The molecule has 1 aliphatic rings. The number of fused-ring (bicyclic) bond motifs is 2. The van der Waals surface area contributed by atoms with Crippen molar-refractivity contribution < 1.29 is 17.9 Å². The van der Waals surface area contributed by atoms with Gasteiger partial charge in [0.15, 0.2) is 5.60 Å². The summed E-state index contributed by atoms with van der Waals surface area (Å²) in [6, 6.07) is 13.6. The Morgan fingerprint density at radius 2 is 1.54 bits per heavy atom. The van der Waals surface area contributed by atoms with E-state index < -0.39 is 21.4 Å². The molecule has 0 fully saturated rings. The molecule has 0 atom stereocenters. The standard InChI is InChI=1S/C21H22O4S/c1-4-5-14-21(25-20(22)15(2)3)16-10-6-8-12-18(16)26(23,24)19-13-9-7-11-17(19)21/h6-13H,2,4-5,14H2,1,3H3. The lowest BCUT2D eigenvalue weighted by Gasteiger charge is -2.40. The van der Waals surface area contributed by atoms with Gasteiger partial charge in [-0.2, -0.15) is 0 Å². The number of hydrogen-bond donors (Lipinski definition) is 0. The molecule has 0 amide bonds. The summed E-state index contributed by atoms with van der Waals surface area (Å²) in [5.74, 6) is -0.523. The highest BCUT2D eigenvalue weighted by molar-refractivity contribution is 7.91. The maximum atomic E-state index is 13.1. The minimum absolute atomic E-state index is 0.198. The van der Waals surface area contributed by atoms with E-state index in [0.29, 0.717) is 17.5 Å². The van der Waals surface area contributed by atoms with Gasteiger partial charge in [-0.1, -0.05) is 56.3 Å². The summed E-state index contributed by atoms with van der Waals surface area (Å²) in [6.07, 6.45) is 2.18. The fraction of sp³-hybridized carbons (Fsp3) is 0.286. The highest BCUT2D eigenvalue weighted by Crippen LogP contribution is 2.49. The van der Waals surface area contributed by atoms with Gasteiger partial charge in [0.1, 0.15) is 0 Å². The highest BCUT2D eigenvalue weighted by Gasteiger charge is 2.48. The van der Waals surface area contributed by atoms with E-state index in [2.05, 4.69) is 6.58 Å². The first-order valence-corrected chi connectivity index (χ1v) is 10.2. The first-order valence-electron chi connectivity index (χ1n) is 8.67. The van der Waals surface area contributed by atoms with Crippen LogP contribution in [0, 0.1) is 0 Å². The summed E-state index contributed by atoms with van der Waals surface area (Å²) in [4.78, 5) is 12.9. The van der Waals surface area contributed by atoms with Crippen molar-refractivity contribution in [3.05, 3.63) is 71.8 Å². The van der Waals surface area contributed by atoms with Crippen LogP contribution in [-0.2, 0) is 25.0 Å². The second-order valence-electron chi connectivity index (χ2n) is 6.60. The number of carbonyl (C=O) groups excluding carboxylic acids is 1. The lowest BCUT2D eigenvalue weighted by molar-refractivity contribution is -0.153. The van der Waals surface area contributed by atoms with E-state index in [1.54, 1.807) is 55.5 Å². The Kier molecular flexibility index (Phi) is 4.76. The molecule has 0 aromatic heterocycles. The average Bonchev–Trinajstić information content (AvgIpc) is 2.64. The number of carbonyl (C=O) groups is 1. The van der Waals surface area contributed by atoms with Crippen molar-refractivity contribution in [1.82, 2.24) is 0 Å². The van der Waals surface area contributed by atoms with E-state index in [1.807, 2.05) is 6.92 Å². The number of ether oxygens (including phenoxy) is 1. The van der Waals surface area contributed by atoms with E-state index in [4.69, 9.17) is 4.74 Å². The van der Waals surface area contributed by atoms with Gasteiger partial charge < -0.3 is 4.74 Å². The molecule has 0 aliphatic carbocycles. The van der Waals surface area contributed by atoms with Gasteiger partial charge in [-0.25, -0.2) is 13.2 Å². The van der Waals surface area contributed by atoms with Crippen LogP contribution in [0.1, 0.15) is 44.2 Å². The predicted molar refractivity (Wildman–Crippen MR) is 99.5 cm³/mol. The number of sulfone groups is 1. The van der Waals surface area contributed by atoms with Crippen LogP contribution in [0.3, 0.4) is 0 Å². The van der Waals surface area contributed by atoms with Crippen molar-refractivity contribution in [3.8, 4) is 0 Å². The van der Waals surface area contributed by atoms with Gasteiger partial charge in [0.25, 0.3) is 0 Å². The molecule has 5 heteroatoms. The van der Waals surface area contributed by atoms with Crippen LogP contribution in [0.25, 0.3) is 0 Å². The van der Waals surface area contributed by atoms with Crippen molar-refractivity contribution >= 4 is 15.8 Å². The SMILES string of the molecule is C=C(C)C(=O)OC1(CCCC)c2ccccc2S(=O)(=O)c2ccccc21. The largest absolute Gasteiger partial charge is 0.446 e. The normalized spacial score (nSPS) is 16.2. The second kappa shape index (κ2) is 6.72. The molecule has 26 heavy (non-hydrogen) atoms. The average molecular weight is 370 g/mol. The summed E-state index contributed by atoms with van der Waals surface area (Å²) in [7, 11) is -3.67. The molecule has 0 bridgehead atoms. The molecule has 3 rings (SSSR count). The Labute approximate surface area is 154 Å². The topological polar surface area (TPSA) is 60.4 Å². The summed E-state index contributed by atoms with van der Waals surface area (Å²) in [6.45, 7) is 7.32. The quantitative estimate of drug-likeness (QED) is 0.579. The Morgan fingerprint density at radius 3 is 2.00 bits per heavy atom. The van der Waals surface area contributed by atoms with Crippen molar-refractivity contribution in [2.75, 3.05) is 0 Å². The number of unbranched alkanes of at least 4 members (excludes halogenated alkanes) is 1. The number of benzene rings is 2. The second-order valence-corrected chi connectivity index (χ2v) is 8.48. The number of esters is 1. The minimum atomic E-state index is -3.67. The van der Waals surface area contributed by atoms with Gasteiger partial charge in [-0.15, -0.1) is 0 Å². The van der Waals surface area contributed by atoms with Crippen molar-refractivity contribution in [1.29, 1.82) is 0 Å². The zero-order valence-electron chi connectivity index (χ0n) is 15.0. The zero-order valence-corrected chi connectivity index (χ0v) is 15.8. The first kappa shape index (κ1) is 18.4. The van der Waals surface area contributed by atoms with E-state index >= 15 is 0 Å². The van der Waals surface area contributed by atoms with Crippen LogP contribution in [0.5, 0.6) is 0 Å². The lowest BCUT2D eigenvalue weighted by Crippen LogP contribution is -2.39. The number of rotatable bonds is 5. The summed E-state index contributed by atoms with van der Waals surface area (Å²) < 4.78 is 32.2. The maximum Gasteiger partial charge on any atom is 0.334 e. The van der Waals surface area contributed by atoms with Crippen LogP contribution < -0.4 is 0 Å². The van der Waals surface area contributed by atoms with Gasteiger partial charge in [-0.3, -0.25) is 0 Å². The molecular weight excluding hydrogens is 348 g/mol. The minimum Gasteiger partial charge on any atom is -0.446 e. The fourth-order valence-electron chi connectivity index (χ4n) is 3.43.